The number of aryl methyl sites for hydroxylation is 1. The fourth-order valence-corrected chi connectivity index (χ4v) is 3.15. The number of nitrogens with zero attached hydrogens (tertiary/aromatic N) is 3. The number of hydrogen-bond acceptors (Lipinski definition) is 4. The Kier molecular flexibility index (Phi) is 3.12. The first-order valence-electron chi connectivity index (χ1n) is 6.20. The standard InChI is InChI=1S/C13H15N3O2S/c1-9-11(12(18)16-6-10(7-16)8-17)19-13(14-9)15-4-2-3-5-15/h2-5,10,17H,6-8H2,1H3. The highest BCUT2D eigenvalue weighted by molar-refractivity contribution is 7.16. The first-order chi connectivity index (χ1) is 9.19. The SMILES string of the molecule is Cc1nc(-n2cccc2)sc1C(=O)N1CC(CO)C1. The van der Waals surface area contributed by atoms with Crippen LogP contribution in [0.4, 0.5) is 0 Å². The number of aromatic nitrogens is 2. The molecule has 1 saturated heterocycles. The van der Waals surface area contributed by atoms with Crippen LogP contribution in [0.1, 0.15) is 15.4 Å². The van der Waals surface area contributed by atoms with Crippen molar-refractivity contribution in [1.82, 2.24) is 14.5 Å². The highest BCUT2D eigenvalue weighted by Crippen LogP contribution is 2.26. The largest absolute Gasteiger partial charge is 0.396 e. The van der Waals surface area contributed by atoms with Crippen LogP contribution in [0.15, 0.2) is 24.5 Å². The summed E-state index contributed by atoms with van der Waals surface area (Å²) >= 11 is 1.41. The third-order valence-electron chi connectivity index (χ3n) is 3.31. The molecule has 3 rings (SSSR count). The topological polar surface area (TPSA) is 58.4 Å². The van der Waals surface area contributed by atoms with E-state index in [1.165, 1.54) is 11.3 Å². The molecular formula is C13H15N3O2S. The summed E-state index contributed by atoms with van der Waals surface area (Å²) in [5, 5.41) is 9.80. The van der Waals surface area contributed by atoms with Gasteiger partial charge in [-0.3, -0.25) is 4.79 Å². The van der Waals surface area contributed by atoms with E-state index in [0.717, 1.165) is 10.8 Å². The first-order valence-corrected chi connectivity index (χ1v) is 7.01. The van der Waals surface area contributed by atoms with Crippen LogP contribution >= 0.6 is 11.3 Å². The minimum absolute atomic E-state index is 0.0260. The molecule has 0 saturated carbocycles. The highest BCUT2D eigenvalue weighted by Gasteiger charge is 2.32. The fraction of sp³-hybridized carbons (Fsp3) is 0.385. The van der Waals surface area contributed by atoms with Crippen molar-refractivity contribution in [3.63, 3.8) is 0 Å². The van der Waals surface area contributed by atoms with Crippen molar-refractivity contribution < 1.29 is 9.90 Å². The number of amides is 1. The number of aliphatic hydroxyl groups excluding tert-OH is 1. The van der Waals surface area contributed by atoms with Gasteiger partial charge in [-0.25, -0.2) is 4.98 Å². The molecule has 1 fully saturated rings. The quantitative estimate of drug-likeness (QED) is 0.920. The van der Waals surface area contributed by atoms with Gasteiger partial charge in [0.05, 0.1) is 5.69 Å². The van der Waals surface area contributed by atoms with E-state index in [0.29, 0.717) is 18.0 Å². The predicted molar refractivity (Wildman–Crippen MR) is 72.7 cm³/mol. The van der Waals surface area contributed by atoms with Crippen molar-refractivity contribution in [3.05, 3.63) is 35.1 Å². The summed E-state index contributed by atoms with van der Waals surface area (Å²) in [5.41, 5.74) is 0.770. The first kappa shape index (κ1) is 12.4. The molecule has 1 N–H and O–H groups in total. The van der Waals surface area contributed by atoms with E-state index in [4.69, 9.17) is 5.11 Å². The van der Waals surface area contributed by atoms with Crippen LogP contribution in [0.25, 0.3) is 5.13 Å². The number of likely N-dealkylation sites (tertiary alicyclic amines) is 1. The van der Waals surface area contributed by atoms with Gasteiger partial charge in [-0.15, -0.1) is 0 Å². The number of hydrogen-bond donors (Lipinski definition) is 1. The summed E-state index contributed by atoms with van der Waals surface area (Å²) in [5.74, 6) is 0.263. The Morgan fingerprint density at radius 2 is 2.16 bits per heavy atom. The number of carbonyl (C=O) groups excluding carboxylic acids is 1. The summed E-state index contributed by atoms with van der Waals surface area (Å²) in [6.07, 6.45) is 3.83. The van der Waals surface area contributed by atoms with Crippen LogP contribution < -0.4 is 0 Å². The minimum atomic E-state index is 0.0260. The van der Waals surface area contributed by atoms with E-state index in [9.17, 15) is 4.79 Å². The van der Waals surface area contributed by atoms with E-state index in [2.05, 4.69) is 4.98 Å². The second-order valence-electron chi connectivity index (χ2n) is 4.76. The van der Waals surface area contributed by atoms with Crippen molar-refractivity contribution in [2.45, 2.75) is 6.92 Å². The van der Waals surface area contributed by atoms with Gasteiger partial charge in [0, 0.05) is 38.0 Å². The maximum atomic E-state index is 12.3. The molecule has 6 heteroatoms. The molecule has 1 aliphatic heterocycles. The zero-order valence-corrected chi connectivity index (χ0v) is 11.4. The molecule has 19 heavy (non-hydrogen) atoms. The van der Waals surface area contributed by atoms with Gasteiger partial charge in [0.25, 0.3) is 5.91 Å². The molecule has 100 valence electrons. The summed E-state index contributed by atoms with van der Waals surface area (Å²) in [7, 11) is 0. The van der Waals surface area contributed by atoms with Crippen molar-refractivity contribution in [1.29, 1.82) is 0 Å². The van der Waals surface area contributed by atoms with E-state index < -0.39 is 0 Å². The predicted octanol–water partition coefficient (Wildman–Crippen LogP) is 1.31. The second-order valence-corrected chi connectivity index (χ2v) is 5.74. The van der Waals surface area contributed by atoms with Crippen molar-refractivity contribution >= 4 is 17.2 Å². The third kappa shape index (κ3) is 2.17. The van der Waals surface area contributed by atoms with Crippen LogP contribution in [0.2, 0.25) is 0 Å². The number of thiazole rings is 1. The Bertz CT molecular complexity index is 585. The van der Waals surface area contributed by atoms with E-state index in [-0.39, 0.29) is 18.4 Å². The summed E-state index contributed by atoms with van der Waals surface area (Å²) in [4.78, 5) is 19.2. The molecule has 1 aliphatic rings. The highest BCUT2D eigenvalue weighted by atomic mass is 32.1. The van der Waals surface area contributed by atoms with E-state index in [1.807, 2.05) is 36.0 Å². The average molecular weight is 277 g/mol. The third-order valence-corrected chi connectivity index (χ3v) is 4.47. The van der Waals surface area contributed by atoms with Gasteiger partial charge in [0.15, 0.2) is 5.13 Å². The lowest BCUT2D eigenvalue weighted by molar-refractivity contribution is 0.0365. The van der Waals surface area contributed by atoms with Gasteiger partial charge in [-0.2, -0.15) is 0 Å². The fourth-order valence-electron chi connectivity index (χ4n) is 2.15. The van der Waals surface area contributed by atoms with Gasteiger partial charge >= 0.3 is 0 Å². The number of rotatable bonds is 3. The molecule has 2 aromatic rings. The van der Waals surface area contributed by atoms with Crippen LogP contribution in [-0.4, -0.2) is 45.2 Å². The van der Waals surface area contributed by atoms with Gasteiger partial charge in [-0.05, 0) is 19.1 Å². The molecule has 0 aromatic carbocycles. The average Bonchev–Trinajstić information content (AvgIpc) is 2.95. The lowest BCUT2D eigenvalue weighted by Gasteiger charge is -2.37. The molecule has 3 heterocycles. The lowest BCUT2D eigenvalue weighted by Crippen LogP contribution is -2.51. The number of aliphatic hydroxyl groups is 1. The summed E-state index contributed by atoms with van der Waals surface area (Å²) in [6, 6.07) is 3.86. The van der Waals surface area contributed by atoms with Crippen molar-refractivity contribution in [2.24, 2.45) is 5.92 Å². The van der Waals surface area contributed by atoms with Crippen LogP contribution in [0.5, 0.6) is 0 Å². The molecule has 1 amide bonds. The van der Waals surface area contributed by atoms with Crippen LogP contribution in [0.3, 0.4) is 0 Å². The Labute approximate surface area is 115 Å². The Morgan fingerprint density at radius 3 is 2.79 bits per heavy atom. The Hall–Kier alpha value is -1.66. The summed E-state index contributed by atoms with van der Waals surface area (Å²) < 4.78 is 1.90. The normalized spacial score (nSPS) is 15.6. The zero-order valence-electron chi connectivity index (χ0n) is 10.6. The zero-order chi connectivity index (χ0) is 13.4. The smallest absolute Gasteiger partial charge is 0.265 e. The number of carbonyl (C=O) groups is 1. The van der Waals surface area contributed by atoms with E-state index >= 15 is 0 Å². The molecule has 0 unspecified atom stereocenters. The van der Waals surface area contributed by atoms with Crippen molar-refractivity contribution in [2.75, 3.05) is 19.7 Å². The molecule has 0 bridgehead atoms. The van der Waals surface area contributed by atoms with Gasteiger partial charge in [-0.1, -0.05) is 11.3 Å². The van der Waals surface area contributed by atoms with E-state index in [1.54, 1.807) is 4.90 Å². The molecule has 0 aliphatic carbocycles. The Balaban J connectivity index is 1.80. The molecule has 0 spiro atoms. The summed E-state index contributed by atoms with van der Waals surface area (Å²) in [6.45, 7) is 3.30. The lowest BCUT2D eigenvalue weighted by atomic mass is 10.0. The van der Waals surface area contributed by atoms with Gasteiger partial charge in [0.1, 0.15) is 4.88 Å². The van der Waals surface area contributed by atoms with Crippen LogP contribution in [0, 0.1) is 12.8 Å². The minimum Gasteiger partial charge on any atom is -0.396 e. The molecule has 2 aromatic heterocycles. The maximum absolute atomic E-state index is 12.3. The monoisotopic (exact) mass is 277 g/mol. The van der Waals surface area contributed by atoms with Gasteiger partial charge in [0.2, 0.25) is 0 Å². The van der Waals surface area contributed by atoms with Gasteiger partial charge < -0.3 is 14.6 Å². The van der Waals surface area contributed by atoms with Crippen LogP contribution in [-0.2, 0) is 0 Å². The van der Waals surface area contributed by atoms with Crippen molar-refractivity contribution in [3.8, 4) is 5.13 Å². The molecule has 5 nitrogen and oxygen atoms in total. The Morgan fingerprint density at radius 1 is 1.47 bits per heavy atom. The maximum Gasteiger partial charge on any atom is 0.265 e. The molecular weight excluding hydrogens is 262 g/mol. The second kappa shape index (κ2) is 4.79. The molecule has 0 radical (unpaired) electrons. The molecule has 0 atom stereocenters.